The van der Waals surface area contributed by atoms with E-state index in [0.29, 0.717) is 17.5 Å². The zero-order chi connectivity index (χ0) is 14.0. The molecule has 19 heavy (non-hydrogen) atoms. The van der Waals surface area contributed by atoms with Crippen LogP contribution in [0.4, 0.5) is 8.78 Å². The van der Waals surface area contributed by atoms with Gasteiger partial charge in [0.2, 0.25) is 0 Å². The normalized spacial score (nSPS) is 14.2. The molecular weight excluding hydrogens is 246 g/mol. The van der Waals surface area contributed by atoms with Gasteiger partial charge in [-0.1, -0.05) is 31.2 Å². The van der Waals surface area contributed by atoms with Crippen molar-refractivity contribution in [3.8, 4) is 0 Å². The molecule has 1 nitrogen and oxygen atoms in total. The lowest BCUT2D eigenvalue weighted by Gasteiger charge is -2.30. The summed E-state index contributed by atoms with van der Waals surface area (Å²) >= 11 is 0. The largest absolute Gasteiger partial charge is 0.380 e. The van der Waals surface area contributed by atoms with E-state index in [-0.39, 0.29) is 11.4 Å². The van der Waals surface area contributed by atoms with Gasteiger partial charge >= 0.3 is 0 Å². The molecule has 2 aromatic carbocycles. The number of hydrogen-bond donors (Lipinski definition) is 1. The molecule has 2 rings (SSSR count). The van der Waals surface area contributed by atoms with Crippen LogP contribution in [-0.2, 0) is 5.60 Å². The van der Waals surface area contributed by atoms with Gasteiger partial charge in [0.05, 0.1) is 0 Å². The highest BCUT2D eigenvalue weighted by atomic mass is 19.1. The Hall–Kier alpha value is -1.74. The lowest BCUT2D eigenvalue weighted by Crippen LogP contribution is -2.28. The maximum Gasteiger partial charge on any atom is 0.129 e. The maximum absolute atomic E-state index is 13.9. The number of halogens is 2. The van der Waals surface area contributed by atoms with Crippen LogP contribution < -0.4 is 0 Å². The van der Waals surface area contributed by atoms with E-state index in [1.54, 1.807) is 32.0 Å². The highest BCUT2D eigenvalue weighted by Gasteiger charge is 2.33. The van der Waals surface area contributed by atoms with Crippen LogP contribution in [0.2, 0.25) is 0 Å². The van der Waals surface area contributed by atoms with Gasteiger partial charge < -0.3 is 5.11 Å². The number of rotatable bonds is 3. The van der Waals surface area contributed by atoms with Gasteiger partial charge in [0.1, 0.15) is 17.2 Å². The monoisotopic (exact) mass is 262 g/mol. The molecule has 0 saturated carbocycles. The van der Waals surface area contributed by atoms with Crippen LogP contribution in [0.3, 0.4) is 0 Å². The molecule has 0 aliphatic carbocycles. The summed E-state index contributed by atoms with van der Waals surface area (Å²) in [6, 6.07) is 10.3. The van der Waals surface area contributed by atoms with Crippen LogP contribution in [0.1, 0.15) is 30.0 Å². The van der Waals surface area contributed by atoms with Crippen molar-refractivity contribution in [2.24, 2.45) is 0 Å². The third kappa shape index (κ3) is 2.38. The van der Waals surface area contributed by atoms with Gasteiger partial charge in [-0.25, -0.2) is 8.78 Å². The van der Waals surface area contributed by atoms with E-state index >= 15 is 0 Å². The summed E-state index contributed by atoms with van der Waals surface area (Å²) < 4.78 is 27.1. The van der Waals surface area contributed by atoms with Crippen molar-refractivity contribution in [2.45, 2.75) is 25.9 Å². The second-order valence-corrected chi connectivity index (χ2v) is 4.65. The zero-order valence-electron chi connectivity index (χ0n) is 11.0. The summed E-state index contributed by atoms with van der Waals surface area (Å²) in [5.74, 6) is -0.830. The Labute approximate surface area is 111 Å². The van der Waals surface area contributed by atoms with Gasteiger partial charge in [0.25, 0.3) is 0 Å². The van der Waals surface area contributed by atoms with E-state index in [2.05, 4.69) is 0 Å². The minimum Gasteiger partial charge on any atom is -0.380 e. The highest BCUT2D eigenvalue weighted by molar-refractivity contribution is 5.41. The summed E-state index contributed by atoms with van der Waals surface area (Å²) in [5, 5.41) is 10.9. The summed E-state index contributed by atoms with van der Waals surface area (Å²) in [6.45, 7) is 3.48. The van der Waals surface area contributed by atoms with E-state index in [0.717, 1.165) is 0 Å². The standard InChI is InChI=1S/C16H16F2O/c1-3-16(19,14-6-4-5-7-15(14)18)13-9-8-12(17)10-11(13)2/h4-10,19H,3H2,1-2H3. The fourth-order valence-corrected chi connectivity index (χ4v) is 2.41. The van der Waals surface area contributed by atoms with Crippen molar-refractivity contribution >= 4 is 0 Å². The summed E-state index contributed by atoms with van der Waals surface area (Å²) in [6.07, 6.45) is 0.306. The molecular formula is C16H16F2O. The molecule has 1 N–H and O–H groups in total. The van der Waals surface area contributed by atoms with Crippen LogP contribution >= 0.6 is 0 Å². The third-order valence-corrected chi connectivity index (χ3v) is 3.47. The first-order valence-corrected chi connectivity index (χ1v) is 6.23. The molecule has 100 valence electrons. The second-order valence-electron chi connectivity index (χ2n) is 4.65. The van der Waals surface area contributed by atoms with Crippen LogP contribution in [0, 0.1) is 18.6 Å². The van der Waals surface area contributed by atoms with Crippen LogP contribution in [-0.4, -0.2) is 5.11 Å². The van der Waals surface area contributed by atoms with Crippen LogP contribution in [0.25, 0.3) is 0 Å². The van der Waals surface area contributed by atoms with Crippen LogP contribution in [0.15, 0.2) is 42.5 Å². The Balaban J connectivity index is 2.63. The van der Waals surface area contributed by atoms with E-state index < -0.39 is 11.4 Å². The summed E-state index contributed by atoms with van der Waals surface area (Å²) in [5.41, 5.74) is -0.0929. The average Bonchev–Trinajstić information content (AvgIpc) is 2.38. The summed E-state index contributed by atoms with van der Waals surface area (Å²) in [7, 11) is 0. The van der Waals surface area contributed by atoms with Gasteiger partial charge in [-0.3, -0.25) is 0 Å². The SMILES string of the molecule is CCC(O)(c1ccc(F)cc1C)c1ccccc1F. The smallest absolute Gasteiger partial charge is 0.129 e. The lowest BCUT2D eigenvalue weighted by atomic mass is 9.81. The van der Waals surface area contributed by atoms with E-state index in [1.807, 2.05) is 0 Å². The first-order valence-electron chi connectivity index (χ1n) is 6.23. The van der Waals surface area contributed by atoms with E-state index in [9.17, 15) is 13.9 Å². The predicted octanol–water partition coefficient (Wildman–Crippen LogP) is 3.92. The fourth-order valence-electron chi connectivity index (χ4n) is 2.41. The van der Waals surface area contributed by atoms with E-state index in [4.69, 9.17) is 0 Å². The van der Waals surface area contributed by atoms with Crippen molar-refractivity contribution < 1.29 is 13.9 Å². The Morgan fingerprint density at radius 1 is 1.05 bits per heavy atom. The molecule has 0 heterocycles. The third-order valence-electron chi connectivity index (χ3n) is 3.47. The fraction of sp³-hybridized carbons (Fsp3) is 0.250. The number of aryl methyl sites for hydroxylation is 1. The highest BCUT2D eigenvalue weighted by Crippen LogP contribution is 2.36. The average molecular weight is 262 g/mol. The number of hydrogen-bond acceptors (Lipinski definition) is 1. The van der Waals surface area contributed by atoms with E-state index in [1.165, 1.54) is 24.3 Å². The minimum absolute atomic E-state index is 0.215. The number of benzene rings is 2. The van der Waals surface area contributed by atoms with Gasteiger partial charge in [-0.05, 0) is 42.7 Å². The molecule has 0 amide bonds. The van der Waals surface area contributed by atoms with Gasteiger partial charge in [0.15, 0.2) is 0 Å². The Morgan fingerprint density at radius 2 is 1.74 bits per heavy atom. The van der Waals surface area contributed by atoms with Gasteiger partial charge in [-0.2, -0.15) is 0 Å². The minimum atomic E-state index is -1.44. The van der Waals surface area contributed by atoms with Crippen molar-refractivity contribution in [3.63, 3.8) is 0 Å². The molecule has 0 fully saturated rings. The van der Waals surface area contributed by atoms with Crippen molar-refractivity contribution in [1.82, 2.24) is 0 Å². The molecule has 0 spiro atoms. The molecule has 0 aromatic heterocycles. The Morgan fingerprint density at radius 3 is 2.32 bits per heavy atom. The topological polar surface area (TPSA) is 20.2 Å². The van der Waals surface area contributed by atoms with Crippen molar-refractivity contribution in [1.29, 1.82) is 0 Å². The lowest BCUT2D eigenvalue weighted by molar-refractivity contribution is 0.0718. The van der Waals surface area contributed by atoms with Gasteiger partial charge in [0, 0.05) is 5.56 Å². The maximum atomic E-state index is 13.9. The molecule has 2 aromatic rings. The summed E-state index contributed by atoms with van der Waals surface area (Å²) in [4.78, 5) is 0. The molecule has 0 radical (unpaired) electrons. The van der Waals surface area contributed by atoms with Crippen molar-refractivity contribution in [3.05, 3.63) is 70.8 Å². The molecule has 0 aliphatic rings. The quantitative estimate of drug-likeness (QED) is 0.889. The second kappa shape index (κ2) is 5.10. The Kier molecular flexibility index (Phi) is 3.67. The van der Waals surface area contributed by atoms with Crippen molar-refractivity contribution in [2.75, 3.05) is 0 Å². The first kappa shape index (κ1) is 13.7. The molecule has 1 unspecified atom stereocenters. The predicted molar refractivity (Wildman–Crippen MR) is 70.8 cm³/mol. The molecule has 1 atom stereocenters. The van der Waals surface area contributed by atoms with Crippen LogP contribution in [0.5, 0.6) is 0 Å². The first-order chi connectivity index (χ1) is 8.99. The molecule has 3 heteroatoms. The number of aliphatic hydroxyl groups is 1. The molecule has 0 bridgehead atoms. The zero-order valence-corrected chi connectivity index (χ0v) is 11.0. The molecule has 0 saturated heterocycles. The Bertz CT molecular complexity index is 595. The molecule has 0 aliphatic heterocycles. The van der Waals surface area contributed by atoms with Gasteiger partial charge in [-0.15, -0.1) is 0 Å².